The van der Waals surface area contributed by atoms with Crippen molar-refractivity contribution < 1.29 is 24.1 Å². The van der Waals surface area contributed by atoms with Gasteiger partial charge in [-0.15, -0.1) is 0 Å². The molecule has 7 nitrogen and oxygen atoms in total. The predicted molar refractivity (Wildman–Crippen MR) is 106 cm³/mol. The first kappa shape index (κ1) is 19.8. The highest BCUT2D eigenvalue weighted by Gasteiger charge is 2.26. The maximum Gasteiger partial charge on any atom is 0.407 e. The molecule has 1 atom stereocenters. The minimum atomic E-state index is -0.864. The molecular formula is C21H26N2O5. The molecule has 2 aromatic rings. The van der Waals surface area contributed by atoms with E-state index < -0.39 is 6.09 Å². The van der Waals surface area contributed by atoms with E-state index in [0.29, 0.717) is 38.6 Å². The standard InChI is InChI=1S/C21H26N2O5/c1-26-13-16-3-2-4-20(22)19(16)14-28-18-7-5-17(6-8-18)27-12-15-9-10-23(11-15)21(24)25/h2-8,15H,9-14,22H2,1H3,(H,24,25)/t15-/m1/s1. The van der Waals surface area contributed by atoms with Crippen molar-refractivity contribution in [1.82, 2.24) is 4.90 Å². The quantitative estimate of drug-likeness (QED) is 0.676. The summed E-state index contributed by atoms with van der Waals surface area (Å²) in [4.78, 5) is 12.4. The third-order valence-electron chi connectivity index (χ3n) is 4.86. The maximum atomic E-state index is 11.0. The number of nitrogens with zero attached hydrogens (tertiary/aromatic N) is 1. The molecule has 0 bridgehead atoms. The van der Waals surface area contributed by atoms with Crippen LogP contribution in [0.3, 0.4) is 0 Å². The predicted octanol–water partition coefficient (Wildman–Crippen LogP) is 3.37. The van der Waals surface area contributed by atoms with E-state index in [1.165, 1.54) is 4.90 Å². The van der Waals surface area contributed by atoms with Gasteiger partial charge < -0.3 is 30.0 Å². The lowest BCUT2D eigenvalue weighted by Gasteiger charge is -2.15. The van der Waals surface area contributed by atoms with Crippen LogP contribution >= 0.6 is 0 Å². The van der Waals surface area contributed by atoms with E-state index in [1.54, 1.807) is 7.11 Å². The smallest absolute Gasteiger partial charge is 0.407 e. The molecule has 3 N–H and O–H groups in total. The molecular weight excluding hydrogens is 360 g/mol. The number of amides is 1. The molecule has 1 heterocycles. The number of benzene rings is 2. The summed E-state index contributed by atoms with van der Waals surface area (Å²) in [5, 5.41) is 9.00. The van der Waals surface area contributed by atoms with Crippen molar-refractivity contribution in [1.29, 1.82) is 0 Å². The van der Waals surface area contributed by atoms with Crippen LogP contribution in [0.1, 0.15) is 17.5 Å². The molecule has 0 aliphatic carbocycles. The van der Waals surface area contributed by atoms with Gasteiger partial charge in [0.15, 0.2) is 0 Å². The number of ether oxygens (including phenoxy) is 3. The normalized spacial score (nSPS) is 16.2. The zero-order chi connectivity index (χ0) is 19.9. The second kappa shape index (κ2) is 9.32. The molecule has 0 radical (unpaired) electrons. The number of nitrogens with two attached hydrogens (primary N) is 1. The van der Waals surface area contributed by atoms with Crippen molar-refractivity contribution in [2.24, 2.45) is 5.92 Å². The summed E-state index contributed by atoms with van der Waals surface area (Å²) >= 11 is 0. The molecule has 1 aliphatic heterocycles. The molecule has 0 spiro atoms. The lowest BCUT2D eigenvalue weighted by Crippen LogP contribution is -2.27. The first-order chi connectivity index (χ1) is 13.6. The summed E-state index contributed by atoms with van der Waals surface area (Å²) in [6, 6.07) is 13.1. The fraction of sp³-hybridized carbons (Fsp3) is 0.381. The van der Waals surface area contributed by atoms with Crippen LogP contribution in [0.25, 0.3) is 0 Å². The second-order valence-corrected chi connectivity index (χ2v) is 6.87. The molecule has 3 rings (SSSR count). The third-order valence-corrected chi connectivity index (χ3v) is 4.86. The Kier molecular flexibility index (Phi) is 6.60. The number of rotatable bonds is 8. The second-order valence-electron chi connectivity index (χ2n) is 6.87. The van der Waals surface area contributed by atoms with Crippen molar-refractivity contribution >= 4 is 11.8 Å². The minimum Gasteiger partial charge on any atom is -0.493 e. The number of nitrogen functional groups attached to an aromatic ring is 1. The average molecular weight is 386 g/mol. The Labute approximate surface area is 164 Å². The van der Waals surface area contributed by atoms with Gasteiger partial charge in [0.1, 0.15) is 18.1 Å². The highest BCUT2D eigenvalue weighted by molar-refractivity contribution is 5.65. The topological polar surface area (TPSA) is 94.3 Å². The van der Waals surface area contributed by atoms with Gasteiger partial charge in [-0.05, 0) is 42.3 Å². The summed E-state index contributed by atoms with van der Waals surface area (Å²) in [7, 11) is 1.65. The number of methoxy groups -OCH3 is 1. The van der Waals surface area contributed by atoms with E-state index in [-0.39, 0.29) is 5.92 Å². The zero-order valence-corrected chi connectivity index (χ0v) is 16.0. The number of anilines is 1. The molecule has 2 aromatic carbocycles. The first-order valence-corrected chi connectivity index (χ1v) is 9.25. The van der Waals surface area contributed by atoms with Crippen LogP contribution < -0.4 is 15.2 Å². The van der Waals surface area contributed by atoms with Gasteiger partial charge in [0, 0.05) is 37.4 Å². The zero-order valence-electron chi connectivity index (χ0n) is 16.0. The molecule has 7 heteroatoms. The highest BCUT2D eigenvalue weighted by Crippen LogP contribution is 2.24. The van der Waals surface area contributed by atoms with E-state index >= 15 is 0 Å². The Morgan fingerprint density at radius 1 is 1.14 bits per heavy atom. The van der Waals surface area contributed by atoms with Gasteiger partial charge in [0.2, 0.25) is 0 Å². The molecule has 1 fully saturated rings. The molecule has 28 heavy (non-hydrogen) atoms. The summed E-state index contributed by atoms with van der Waals surface area (Å²) in [6.07, 6.45) is -0.0350. The largest absolute Gasteiger partial charge is 0.493 e. The number of hydrogen-bond acceptors (Lipinski definition) is 5. The van der Waals surface area contributed by atoms with Gasteiger partial charge in [-0.1, -0.05) is 12.1 Å². The molecule has 0 saturated carbocycles. The highest BCUT2D eigenvalue weighted by atomic mass is 16.5. The van der Waals surface area contributed by atoms with E-state index in [0.717, 1.165) is 29.0 Å². The summed E-state index contributed by atoms with van der Waals surface area (Å²) < 4.78 is 16.9. The van der Waals surface area contributed by atoms with Crippen molar-refractivity contribution in [2.45, 2.75) is 19.6 Å². The Morgan fingerprint density at radius 2 is 1.86 bits per heavy atom. The van der Waals surface area contributed by atoms with E-state index in [1.807, 2.05) is 42.5 Å². The van der Waals surface area contributed by atoms with E-state index in [2.05, 4.69) is 0 Å². The summed E-state index contributed by atoms with van der Waals surface area (Å²) in [6.45, 7) is 2.45. The van der Waals surface area contributed by atoms with Crippen LogP contribution in [0.4, 0.5) is 10.5 Å². The third kappa shape index (κ3) is 5.07. The van der Waals surface area contributed by atoms with Gasteiger partial charge in [-0.2, -0.15) is 0 Å². The molecule has 1 aliphatic rings. The minimum absolute atomic E-state index is 0.229. The number of hydrogen-bond donors (Lipinski definition) is 2. The van der Waals surface area contributed by atoms with Crippen LogP contribution in [0.5, 0.6) is 11.5 Å². The van der Waals surface area contributed by atoms with Gasteiger partial charge >= 0.3 is 6.09 Å². The average Bonchev–Trinajstić information content (AvgIpc) is 3.16. The number of carboxylic acid groups (broad SMARTS) is 1. The Balaban J connectivity index is 1.51. The number of carbonyl (C=O) groups is 1. The van der Waals surface area contributed by atoms with Crippen molar-refractivity contribution in [3.05, 3.63) is 53.6 Å². The Morgan fingerprint density at radius 3 is 2.50 bits per heavy atom. The van der Waals surface area contributed by atoms with Gasteiger partial charge in [-0.25, -0.2) is 4.79 Å². The maximum absolute atomic E-state index is 11.0. The fourth-order valence-corrected chi connectivity index (χ4v) is 3.27. The van der Waals surface area contributed by atoms with Crippen LogP contribution in [0, 0.1) is 5.92 Å². The van der Waals surface area contributed by atoms with Gasteiger partial charge in [0.05, 0.1) is 13.2 Å². The lowest BCUT2D eigenvalue weighted by atomic mass is 10.1. The number of likely N-dealkylation sites (tertiary alicyclic amines) is 1. The van der Waals surface area contributed by atoms with E-state index in [9.17, 15) is 4.79 Å². The van der Waals surface area contributed by atoms with Crippen LogP contribution in [0.15, 0.2) is 42.5 Å². The first-order valence-electron chi connectivity index (χ1n) is 9.25. The van der Waals surface area contributed by atoms with Crippen molar-refractivity contribution in [3.8, 4) is 11.5 Å². The van der Waals surface area contributed by atoms with Crippen LogP contribution in [0.2, 0.25) is 0 Å². The molecule has 0 unspecified atom stereocenters. The van der Waals surface area contributed by atoms with Gasteiger partial charge in [-0.3, -0.25) is 0 Å². The monoisotopic (exact) mass is 386 g/mol. The van der Waals surface area contributed by atoms with Gasteiger partial charge in [0.25, 0.3) is 0 Å². The summed E-state index contributed by atoms with van der Waals surface area (Å²) in [5.41, 5.74) is 8.69. The fourth-order valence-electron chi connectivity index (χ4n) is 3.27. The molecule has 0 aromatic heterocycles. The Bertz CT molecular complexity index is 794. The summed E-state index contributed by atoms with van der Waals surface area (Å²) in [5.74, 6) is 1.68. The lowest BCUT2D eigenvalue weighted by molar-refractivity contribution is 0.151. The molecule has 1 amide bonds. The Hall–Kier alpha value is -2.93. The van der Waals surface area contributed by atoms with Crippen molar-refractivity contribution in [3.63, 3.8) is 0 Å². The van der Waals surface area contributed by atoms with Crippen LogP contribution in [-0.4, -0.2) is 42.9 Å². The molecule has 1 saturated heterocycles. The van der Waals surface area contributed by atoms with Crippen LogP contribution in [-0.2, 0) is 18.0 Å². The van der Waals surface area contributed by atoms with E-state index in [4.69, 9.17) is 25.1 Å². The molecule has 150 valence electrons. The van der Waals surface area contributed by atoms with Crippen molar-refractivity contribution in [2.75, 3.05) is 32.5 Å². The SMILES string of the molecule is COCc1cccc(N)c1COc1ccc(OC[C@@H]2CCN(C(=O)O)C2)cc1.